The largest absolute Gasteiger partial charge is 0.399 e. The highest BCUT2D eigenvalue weighted by atomic mass is 16.6. The van der Waals surface area contributed by atoms with Crippen molar-refractivity contribution in [2.75, 3.05) is 7.11 Å². The monoisotopic (exact) mass is 205 g/mol. The zero-order valence-corrected chi connectivity index (χ0v) is 9.37. The SMILES string of the molecule is CO/N=C1\CCc2nc(C)nc(C)c2C1. The molecular weight excluding hydrogens is 190 g/mol. The van der Waals surface area contributed by atoms with Crippen molar-refractivity contribution in [3.05, 3.63) is 22.8 Å². The van der Waals surface area contributed by atoms with E-state index in [4.69, 9.17) is 4.84 Å². The second-order valence-corrected chi connectivity index (χ2v) is 3.80. The minimum absolute atomic E-state index is 0.829. The normalized spacial score (nSPS) is 17.7. The first-order valence-electron chi connectivity index (χ1n) is 5.12. The van der Waals surface area contributed by atoms with Crippen LogP contribution in [0.2, 0.25) is 0 Å². The molecule has 4 heteroatoms. The third-order valence-corrected chi connectivity index (χ3v) is 2.66. The van der Waals surface area contributed by atoms with Crippen LogP contribution in [0.1, 0.15) is 29.2 Å². The third-order valence-electron chi connectivity index (χ3n) is 2.66. The lowest BCUT2D eigenvalue weighted by Crippen LogP contribution is -2.18. The fraction of sp³-hybridized carbons (Fsp3) is 0.545. The van der Waals surface area contributed by atoms with Crippen LogP contribution in [0.25, 0.3) is 0 Å². The van der Waals surface area contributed by atoms with E-state index < -0.39 is 0 Å². The number of hydrogen-bond donors (Lipinski definition) is 0. The minimum Gasteiger partial charge on any atom is -0.399 e. The van der Waals surface area contributed by atoms with E-state index in [9.17, 15) is 0 Å². The molecule has 0 bridgehead atoms. The Balaban J connectivity index is 2.37. The van der Waals surface area contributed by atoms with Gasteiger partial charge in [0.1, 0.15) is 12.9 Å². The van der Waals surface area contributed by atoms with Gasteiger partial charge in [-0.2, -0.15) is 0 Å². The Morgan fingerprint density at radius 1 is 1.20 bits per heavy atom. The number of oxime groups is 1. The molecule has 0 radical (unpaired) electrons. The van der Waals surface area contributed by atoms with Gasteiger partial charge >= 0.3 is 0 Å². The molecule has 0 aliphatic heterocycles. The highest BCUT2D eigenvalue weighted by molar-refractivity contribution is 5.88. The lowest BCUT2D eigenvalue weighted by Gasteiger charge is -2.18. The summed E-state index contributed by atoms with van der Waals surface area (Å²) in [5, 5.41) is 4.01. The standard InChI is InChI=1S/C11H15N3O/c1-7-10-6-9(14-15-3)4-5-11(10)13-8(2)12-7/h4-6H2,1-3H3/b14-9+. The Morgan fingerprint density at radius 2 is 2.00 bits per heavy atom. The average Bonchev–Trinajstić information content (AvgIpc) is 2.19. The second-order valence-electron chi connectivity index (χ2n) is 3.80. The van der Waals surface area contributed by atoms with Gasteiger partial charge in [0.25, 0.3) is 0 Å². The van der Waals surface area contributed by atoms with Crippen LogP contribution in [0.5, 0.6) is 0 Å². The van der Waals surface area contributed by atoms with E-state index in [1.54, 1.807) is 7.11 Å². The lowest BCUT2D eigenvalue weighted by molar-refractivity contribution is 0.211. The minimum atomic E-state index is 0.829. The van der Waals surface area contributed by atoms with E-state index in [1.165, 1.54) is 11.3 Å². The predicted molar refractivity (Wildman–Crippen MR) is 58.0 cm³/mol. The molecule has 1 aliphatic rings. The zero-order chi connectivity index (χ0) is 10.8. The molecule has 0 saturated carbocycles. The van der Waals surface area contributed by atoms with Gasteiger partial charge in [0.15, 0.2) is 0 Å². The average molecular weight is 205 g/mol. The topological polar surface area (TPSA) is 47.4 Å². The maximum atomic E-state index is 4.81. The first-order valence-corrected chi connectivity index (χ1v) is 5.12. The molecule has 1 aromatic heterocycles. The van der Waals surface area contributed by atoms with Gasteiger partial charge in [0, 0.05) is 23.4 Å². The molecule has 15 heavy (non-hydrogen) atoms. The Labute approximate surface area is 89.4 Å². The van der Waals surface area contributed by atoms with E-state index in [1.807, 2.05) is 13.8 Å². The van der Waals surface area contributed by atoms with Crippen LogP contribution in [0, 0.1) is 13.8 Å². The molecule has 0 saturated heterocycles. The molecule has 1 heterocycles. The highest BCUT2D eigenvalue weighted by Gasteiger charge is 2.18. The predicted octanol–water partition coefficient (Wildman–Crippen LogP) is 1.58. The Morgan fingerprint density at radius 3 is 2.73 bits per heavy atom. The summed E-state index contributed by atoms with van der Waals surface area (Å²) < 4.78 is 0. The molecule has 1 aromatic rings. The quantitative estimate of drug-likeness (QED) is 0.654. The van der Waals surface area contributed by atoms with Crippen molar-refractivity contribution in [1.82, 2.24) is 9.97 Å². The number of hydrogen-bond acceptors (Lipinski definition) is 4. The summed E-state index contributed by atoms with van der Waals surface area (Å²) >= 11 is 0. The van der Waals surface area contributed by atoms with Crippen molar-refractivity contribution in [3.63, 3.8) is 0 Å². The van der Waals surface area contributed by atoms with Crippen LogP contribution in [-0.4, -0.2) is 22.8 Å². The summed E-state index contributed by atoms with van der Waals surface area (Å²) in [6.45, 7) is 3.97. The lowest BCUT2D eigenvalue weighted by atomic mass is 9.93. The summed E-state index contributed by atoms with van der Waals surface area (Å²) in [6.07, 6.45) is 2.72. The van der Waals surface area contributed by atoms with Gasteiger partial charge in [-0.1, -0.05) is 5.16 Å². The molecule has 0 spiro atoms. The molecule has 1 aliphatic carbocycles. The highest BCUT2D eigenvalue weighted by Crippen LogP contribution is 2.20. The van der Waals surface area contributed by atoms with Crippen molar-refractivity contribution >= 4 is 5.71 Å². The number of aryl methyl sites for hydroxylation is 3. The van der Waals surface area contributed by atoms with E-state index in [2.05, 4.69) is 15.1 Å². The van der Waals surface area contributed by atoms with E-state index in [0.29, 0.717) is 0 Å². The van der Waals surface area contributed by atoms with Crippen LogP contribution in [0.3, 0.4) is 0 Å². The molecular formula is C11H15N3O. The van der Waals surface area contributed by atoms with Gasteiger partial charge in [0.05, 0.1) is 5.71 Å². The number of aromatic nitrogens is 2. The fourth-order valence-electron chi connectivity index (χ4n) is 2.01. The van der Waals surface area contributed by atoms with Gasteiger partial charge in [0.2, 0.25) is 0 Å². The Kier molecular flexibility index (Phi) is 2.66. The molecule has 0 fully saturated rings. The van der Waals surface area contributed by atoms with Gasteiger partial charge in [-0.15, -0.1) is 0 Å². The van der Waals surface area contributed by atoms with E-state index in [-0.39, 0.29) is 0 Å². The van der Waals surface area contributed by atoms with Crippen molar-refractivity contribution < 1.29 is 4.84 Å². The van der Waals surface area contributed by atoms with Crippen LogP contribution < -0.4 is 0 Å². The number of nitrogens with zero attached hydrogens (tertiary/aromatic N) is 3. The molecule has 0 unspecified atom stereocenters. The Hall–Kier alpha value is -1.45. The van der Waals surface area contributed by atoms with E-state index in [0.717, 1.165) is 36.5 Å². The Bertz CT molecular complexity index is 413. The number of rotatable bonds is 1. The van der Waals surface area contributed by atoms with Gasteiger partial charge in [-0.3, -0.25) is 0 Å². The van der Waals surface area contributed by atoms with Crippen molar-refractivity contribution in [1.29, 1.82) is 0 Å². The summed E-state index contributed by atoms with van der Waals surface area (Å²) in [6, 6.07) is 0. The van der Waals surface area contributed by atoms with Gasteiger partial charge in [-0.25, -0.2) is 9.97 Å². The summed E-state index contributed by atoms with van der Waals surface area (Å²) in [5.74, 6) is 0.860. The van der Waals surface area contributed by atoms with E-state index >= 15 is 0 Å². The molecule has 0 atom stereocenters. The maximum absolute atomic E-state index is 4.81. The van der Waals surface area contributed by atoms with Gasteiger partial charge in [-0.05, 0) is 26.7 Å². The first-order chi connectivity index (χ1) is 7.20. The molecule has 4 nitrogen and oxygen atoms in total. The summed E-state index contributed by atoms with van der Waals surface area (Å²) in [7, 11) is 1.58. The second kappa shape index (κ2) is 3.96. The maximum Gasteiger partial charge on any atom is 0.125 e. The fourth-order valence-corrected chi connectivity index (χ4v) is 2.01. The zero-order valence-electron chi connectivity index (χ0n) is 9.37. The van der Waals surface area contributed by atoms with Crippen LogP contribution in [0.4, 0.5) is 0 Å². The molecule has 0 amide bonds. The van der Waals surface area contributed by atoms with Crippen molar-refractivity contribution in [2.45, 2.75) is 33.1 Å². The third kappa shape index (κ3) is 1.98. The number of fused-ring (bicyclic) bond motifs is 1. The van der Waals surface area contributed by atoms with Crippen LogP contribution in [0.15, 0.2) is 5.16 Å². The molecule has 2 rings (SSSR count). The van der Waals surface area contributed by atoms with Crippen molar-refractivity contribution in [3.8, 4) is 0 Å². The summed E-state index contributed by atoms with van der Waals surface area (Å²) in [4.78, 5) is 13.6. The van der Waals surface area contributed by atoms with Gasteiger partial charge < -0.3 is 4.84 Å². The molecule has 0 aromatic carbocycles. The van der Waals surface area contributed by atoms with Crippen LogP contribution in [-0.2, 0) is 17.7 Å². The van der Waals surface area contributed by atoms with Crippen molar-refractivity contribution in [2.24, 2.45) is 5.16 Å². The molecule has 80 valence electrons. The van der Waals surface area contributed by atoms with Crippen LogP contribution >= 0.6 is 0 Å². The smallest absolute Gasteiger partial charge is 0.125 e. The first kappa shape index (κ1) is 10.1. The molecule has 0 N–H and O–H groups in total. The summed E-state index contributed by atoms with van der Waals surface area (Å²) in [5.41, 5.74) is 4.55.